The summed E-state index contributed by atoms with van der Waals surface area (Å²) in [7, 11) is 1.58. The van der Waals surface area contributed by atoms with Gasteiger partial charge in [-0.15, -0.1) is 0 Å². The standard InChI is InChI=1S/C29H36FN5O4/c1-20(2)19-32-34-29(36)33-21-8-9-26(23(30)16-21)39-25-10-11-31-24-18-28(27(37-3)17-22(24)25)38-15-7-14-35-12-5-4-6-13-35/h8-11,16-20H,4-7,12-15H2,1-3H3,(H2,33,34,36)/b32-19+. The largest absolute Gasteiger partial charge is 0.493 e. The number of aromatic nitrogens is 1. The summed E-state index contributed by atoms with van der Waals surface area (Å²) in [5.74, 6) is 1.12. The molecule has 208 valence electrons. The van der Waals surface area contributed by atoms with E-state index in [1.165, 1.54) is 31.4 Å². The zero-order valence-corrected chi connectivity index (χ0v) is 22.7. The summed E-state index contributed by atoms with van der Waals surface area (Å²) in [6.45, 7) is 7.78. The summed E-state index contributed by atoms with van der Waals surface area (Å²) in [5.41, 5.74) is 3.24. The molecule has 0 saturated carbocycles. The predicted octanol–water partition coefficient (Wildman–Crippen LogP) is 6.19. The predicted molar refractivity (Wildman–Crippen MR) is 151 cm³/mol. The van der Waals surface area contributed by atoms with Crippen molar-refractivity contribution in [1.29, 1.82) is 0 Å². The molecule has 10 heteroatoms. The Morgan fingerprint density at radius 3 is 2.67 bits per heavy atom. The number of ether oxygens (including phenoxy) is 3. The number of likely N-dealkylation sites (tertiary alicyclic amines) is 1. The number of hydrogen-bond acceptors (Lipinski definition) is 7. The first-order valence-corrected chi connectivity index (χ1v) is 13.3. The second-order valence-electron chi connectivity index (χ2n) is 9.77. The molecule has 0 bridgehead atoms. The molecule has 1 fully saturated rings. The number of hydrogen-bond donors (Lipinski definition) is 2. The Kier molecular flexibility index (Phi) is 9.91. The minimum absolute atomic E-state index is 0.00305. The van der Waals surface area contributed by atoms with Gasteiger partial charge >= 0.3 is 6.03 Å². The third-order valence-electron chi connectivity index (χ3n) is 6.26. The van der Waals surface area contributed by atoms with E-state index in [0.717, 1.165) is 26.1 Å². The third-order valence-corrected chi connectivity index (χ3v) is 6.26. The van der Waals surface area contributed by atoms with E-state index in [9.17, 15) is 9.18 Å². The summed E-state index contributed by atoms with van der Waals surface area (Å²) in [5, 5.41) is 7.01. The normalized spacial score (nSPS) is 14.1. The molecule has 0 aliphatic carbocycles. The number of anilines is 1. The molecule has 1 aliphatic rings. The number of methoxy groups -OCH3 is 1. The number of hydrazone groups is 1. The second kappa shape index (κ2) is 13.7. The van der Waals surface area contributed by atoms with E-state index in [1.807, 2.05) is 19.9 Å². The Balaban J connectivity index is 1.42. The maximum Gasteiger partial charge on any atom is 0.339 e. The van der Waals surface area contributed by atoms with Gasteiger partial charge in [-0.1, -0.05) is 20.3 Å². The van der Waals surface area contributed by atoms with Crippen LogP contribution in [0.4, 0.5) is 14.9 Å². The fraction of sp³-hybridized carbons (Fsp3) is 0.414. The van der Waals surface area contributed by atoms with Gasteiger partial charge < -0.3 is 24.4 Å². The molecule has 0 atom stereocenters. The van der Waals surface area contributed by atoms with Crippen LogP contribution in [0.5, 0.6) is 23.0 Å². The van der Waals surface area contributed by atoms with E-state index in [-0.39, 0.29) is 17.4 Å². The fourth-order valence-electron chi connectivity index (χ4n) is 4.33. The molecule has 4 rings (SSSR count). The summed E-state index contributed by atoms with van der Waals surface area (Å²) >= 11 is 0. The second-order valence-corrected chi connectivity index (χ2v) is 9.77. The van der Waals surface area contributed by atoms with Gasteiger partial charge in [-0.3, -0.25) is 4.98 Å². The van der Waals surface area contributed by atoms with E-state index in [2.05, 4.69) is 25.7 Å². The molecular weight excluding hydrogens is 501 g/mol. The molecule has 0 unspecified atom stereocenters. The molecule has 39 heavy (non-hydrogen) atoms. The topological polar surface area (TPSA) is 97.3 Å². The zero-order valence-electron chi connectivity index (χ0n) is 22.7. The van der Waals surface area contributed by atoms with Crippen LogP contribution in [-0.2, 0) is 0 Å². The molecule has 2 aromatic carbocycles. The van der Waals surface area contributed by atoms with Crippen LogP contribution in [0.15, 0.2) is 47.7 Å². The lowest BCUT2D eigenvalue weighted by Gasteiger charge is -2.26. The minimum atomic E-state index is -0.635. The first-order valence-electron chi connectivity index (χ1n) is 13.3. The number of carbonyl (C=O) groups is 1. The van der Waals surface area contributed by atoms with Gasteiger partial charge in [0.1, 0.15) is 5.75 Å². The van der Waals surface area contributed by atoms with Crippen molar-refractivity contribution < 1.29 is 23.4 Å². The van der Waals surface area contributed by atoms with Crippen LogP contribution in [0, 0.1) is 11.7 Å². The highest BCUT2D eigenvalue weighted by atomic mass is 19.1. The maximum absolute atomic E-state index is 14.9. The Morgan fingerprint density at radius 1 is 1.10 bits per heavy atom. The van der Waals surface area contributed by atoms with Gasteiger partial charge in [0.2, 0.25) is 0 Å². The van der Waals surface area contributed by atoms with Crippen molar-refractivity contribution in [3.05, 3.63) is 48.4 Å². The molecule has 0 spiro atoms. The van der Waals surface area contributed by atoms with Crippen molar-refractivity contribution in [3.63, 3.8) is 0 Å². The lowest BCUT2D eigenvalue weighted by molar-refractivity contribution is 0.203. The lowest BCUT2D eigenvalue weighted by atomic mass is 10.1. The number of nitrogens with zero attached hydrogens (tertiary/aromatic N) is 3. The van der Waals surface area contributed by atoms with E-state index >= 15 is 0 Å². The Morgan fingerprint density at radius 2 is 1.92 bits per heavy atom. The van der Waals surface area contributed by atoms with Crippen LogP contribution >= 0.6 is 0 Å². The summed E-state index contributed by atoms with van der Waals surface area (Å²) in [6.07, 6.45) is 7.98. The first-order chi connectivity index (χ1) is 18.9. The Bertz CT molecular complexity index is 1290. The van der Waals surface area contributed by atoms with Gasteiger partial charge in [-0.2, -0.15) is 5.10 Å². The summed E-state index contributed by atoms with van der Waals surface area (Å²) < 4.78 is 32.4. The number of nitrogens with one attached hydrogen (secondary N) is 2. The van der Waals surface area contributed by atoms with Crippen LogP contribution in [0.2, 0.25) is 0 Å². The van der Waals surface area contributed by atoms with Gasteiger partial charge in [0.25, 0.3) is 0 Å². The number of carbonyl (C=O) groups excluding carboxylic acids is 1. The Labute approximate surface area is 228 Å². The maximum atomic E-state index is 14.9. The number of halogens is 1. The molecule has 9 nitrogen and oxygen atoms in total. The average Bonchev–Trinajstić information content (AvgIpc) is 2.92. The van der Waals surface area contributed by atoms with E-state index in [4.69, 9.17) is 14.2 Å². The van der Waals surface area contributed by atoms with Crippen molar-refractivity contribution >= 4 is 28.8 Å². The number of piperidine rings is 1. The van der Waals surface area contributed by atoms with Gasteiger partial charge in [0.15, 0.2) is 23.1 Å². The molecular formula is C29H36FN5O4. The number of urea groups is 1. The van der Waals surface area contributed by atoms with Crippen LogP contribution in [-0.4, -0.2) is 55.5 Å². The SMILES string of the molecule is COc1cc2c(Oc3ccc(NC(=O)N/N=C/C(C)C)cc3F)ccnc2cc1OCCCN1CCCCC1. The monoisotopic (exact) mass is 537 g/mol. The number of pyridine rings is 1. The van der Waals surface area contributed by atoms with Crippen LogP contribution in [0.3, 0.4) is 0 Å². The molecule has 1 aromatic heterocycles. The first kappa shape index (κ1) is 28.1. The third kappa shape index (κ3) is 8.03. The number of amides is 2. The van der Waals surface area contributed by atoms with Crippen molar-refractivity contribution in [2.45, 2.75) is 39.5 Å². The molecule has 2 heterocycles. The van der Waals surface area contributed by atoms with Gasteiger partial charge in [0, 0.05) is 42.2 Å². The summed E-state index contributed by atoms with van der Waals surface area (Å²) in [4.78, 5) is 18.9. The van der Waals surface area contributed by atoms with Crippen molar-refractivity contribution in [2.24, 2.45) is 11.0 Å². The zero-order chi connectivity index (χ0) is 27.6. The van der Waals surface area contributed by atoms with Gasteiger partial charge in [-0.05, 0) is 62.5 Å². The highest BCUT2D eigenvalue weighted by Crippen LogP contribution is 2.38. The van der Waals surface area contributed by atoms with Crippen molar-refractivity contribution in [2.75, 3.05) is 38.7 Å². The molecule has 1 saturated heterocycles. The van der Waals surface area contributed by atoms with E-state index < -0.39 is 11.8 Å². The van der Waals surface area contributed by atoms with Gasteiger partial charge in [-0.25, -0.2) is 14.6 Å². The van der Waals surface area contributed by atoms with E-state index in [0.29, 0.717) is 34.8 Å². The smallest absolute Gasteiger partial charge is 0.339 e. The highest BCUT2D eigenvalue weighted by molar-refractivity contribution is 5.90. The Hall–Kier alpha value is -3.92. The molecule has 0 radical (unpaired) electrons. The number of rotatable bonds is 11. The summed E-state index contributed by atoms with van der Waals surface area (Å²) in [6, 6.07) is 8.86. The quantitative estimate of drug-likeness (QED) is 0.172. The van der Waals surface area contributed by atoms with Crippen LogP contribution in [0.1, 0.15) is 39.5 Å². The van der Waals surface area contributed by atoms with E-state index in [1.54, 1.807) is 37.7 Å². The lowest BCUT2D eigenvalue weighted by Crippen LogP contribution is -2.31. The molecule has 3 aromatic rings. The highest BCUT2D eigenvalue weighted by Gasteiger charge is 2.15. The number of fused-ring (bicyclic) bond motifs is 1. The van der Waals surface area contributed by atoms with Crippen molar-refractivity contribution in [3.8, 4) is 23.0 Å². The fourth-order valence-corrected chi connectivity index (χ4v) is 4.33. The molecule has 2 N–H and O–H groups in total. The van der Waals surface area contributed by atoms with Crippen molar-refractivity contribution in [1.82, 2.24) is 15.3 Å². The average molecular weight is 538 g/mol. The van der Waals surface area contributed by atoms with Gasteiger partial charge in [0.05, 0.1) is 19.2 Å². The minimum Gasteiger partial charge on any atom is -0.493 e. The molecule has 1 aliphatic heterocycles. The molecule has 2 amide bonds. The van der Waals surface area contributed by atoms with Crippen LogP contribution < -0.4 is 25.0 Å². The number of benzene rings is 2. The van der Waals surface area contributed by atoms with Crippen LogP contribution in [0.25, 0.3) is 10.9 Å².